The summed E-state index contributed by atoms with van der Waals surface area (Å²) in [6, 6.07) is 3.63. The van der Waals surface area contributed by atoms with Crippen molar-refractivity contribution in [3.05, 3.63) is 36.3 Å². The Bertz CT molecular complexity index is 652. The van der Waals surface area contributed by atoms with Crippen LogP contribution in [0.4, 0.5) is 0 Å². The highest BCUT2D eigenvalue weighted by Crippen LogP contribution is 2.52. The molecule has 0 aliphatic carbocycles. The molecule has 6 nitrogen and oxygen atoms in total. The van der Waals surface area contributed by atoms with E-state index in [-0.39, 0.29) is 18.0 Å². The van der Waals surface area contributed by atoms with Crippen LogP contribution in [0.3, 0.4) is 0 Å². The summed E-state index contributed by atoms with van der Waals surface area (Å²) in [6.07, 6.45) is 5.82. The quantitative estimate of drug-likeness (QED) is 0.608. The number of likely N-dealkylation sites (tertiary alicyclic amines) is 1. The van der Waals surface area contributed by atoms with Crippen LogP contribution in [0.1, 0.15) is 19.1 Å². The maximum absolute atomic E-state index is 12.8. The van der Waals surface area contributed by atoms with Crippen LogP contribution in [0, 0.1) is 11.8 Å². The molecule has 4 atom stereocenters. The second-order valence-corrected chi connectivity index (χ2v) is 6.34. The Kier molecular flexibility index (Phi) is 3.30. The third-order valence-electron chi connectivity index (χ3n) is 4.83. The largest absolute Gasteiger partial charge is 0.467 e. The van der Waals surface area contributed by atoms with Crippen molar-refractivity contribution < 1.29 is 23.5 Å². The summed E-state index contributed by atoms with van der Waals surface area (Å²) in [5.41, 5.74) is -0.690. The van der Waals surface area contributed by atoms with Crippen LogP contribution in [0.25, 0.3) is 0 Å². The molecule has 2 fully saturated rings. The van der Waals surface area contributed by atoms with E-state index in [1.54, 1.807) is 17.2 Å². The number of hydrogen-bond donors (Lipinski definition) is 0. The van der Waals surface area contributed by atoms with Gasteiger partial charge in [0.2, 0.25) is 5.91 Å². The number of esters is 1. The highest BCUT2D eigenvalue weighted by Gasteiger charge is 2.67. The van der Waals surface area contributed by atoms with E-state index in [9.17, 15) is 9.59 Å². The molecule has 1 spiro atoms. The topological polar surface area (TPSA) is 69.0 Å². The second kappa shape index (κ2) is 5.23. The van der Waals surface area contributed by atoms with Crippen molar-refractivity contribution in [1.82, 2.24) is 4.90 Å². The molecular weight excluding hydrogens is 298 g/mol. The van der Waals surface area contributed by atoms with Crippen LogP contribution in [-0.2, 0) is 25.6 Å². The highest BCUT2D eigenvalue weighted by molar-refractivity contribution is 5.91. The van der Waals surface area contributed by atoms with Crippen molar-refractivity contribution in [1.29, 1.82) is 0 Å². The van der Waals surface area contributed by atoms with Crippen LogP contribution in [0.5, 0.6) is 0 Å². The first-order chi connectivity index (χ1) is 11.1. The Morgan fingerprint density at radius 3 is 3.13 bits per heavy atom. The summed E-state index contributed by atoms with van der Waals surface area (Å²) in [7, 11) is 0. The summed E-state index contributed by atoms with van der Waals surface area (Å²) in [5, 5.41) is 0. The maximum Gasteiger partial charge on any atom is 0.312 e. The van der Waals surface area contributed by atoms with Crippen LogP contribution in [0.2, 0.25) is 0 Å². The Labute approximate surface area is 134 Å². The minimum absolute atomic E-state index is 0.0632. The second-order valence-electron chi connectivity index (χ2n) is 6.34. The number of carbonyl (C=O) groups is 2. The fourth-order valence-electron chi connectivity index (χ4n) is 3.87. The molecule has 4 rings (SSSR count). The lowest BCUT2D eigenvalue weighted by Gasteiger charge is -2.22. The molecule has 0 N–H and O–H groups in total. The fourth-order valence-corrected chi connectivity index (χ4v) is 3.87. The number of carbonyl (C=O) groups excluding carboxylic acids is 2. The van der Waals surface area contributed by atoms with Crippen LogP contribution < -0.4 is 0 Å². The van der Waals surface area contributed by atoms with E-state index >= 15 is 0 Å². The molecular formula is C17H19NO5. The van der Waals surface area contributed by atoms with Gasteiger partial charge in [-0.05, 0) is 18.6 Å². The van der Waals surface area contributed by atoms with Crippen LogP contribution in [-0.4, -0.2) is 41.6 Å². The predicted octanol–water partition coefficient (Wildman–Crippen LogP) is 1.51. The van der Waals surface area contributed by atoms with E-state index in [4.69, 9.17) is 13.9 Å². The molecule has 2 bridgehead atoms. The fraction of sp³-hybridized carbons (Fsp3) is 0.529. The molecule has 4 heterocycles. The molecule has 1 amide bonds. The third-order valence-corrected chi connectivity index (χ3v) is 4.83. The van der Waals surface area contributed by atoms with E-state index in [0.29, 0.717) is 19.7 Å². The number of rotatable bonds is 5. The zero-order valence-electron chi connectivity index (χ0n) is 12.9. The summed E-state index contributed by atoms with van der Waals surface area (Å²) >= 11 is 0. The van der Waals surface area contributed by atoms with Gasteiger partial charge in [0.25, 0.3) is 0 Å². The summed E-state index contributed by atoms with van der Waals surface area (Å²) < 4.78 is 16.6. The molecule has 122 valence electrons. The predicted molar refractivity (Wildman–Crippen MR) is 79.1 cm³/mol. The number of furan rings is 1. The Morgan fingerprint density at radius 2 is 2.39 bits per heavy atom. The van der Waals surface area contributed by atoms with Gasteiger partial charge in [-0.3, -0.25) is 9.59 Å². The zero-order valence-corrected chi connectivity index (χ0v) is 12.9. The summed E-state index contributed by atoms with van der Waals surface area (Å²) in [5.74, 6) is -0.705. The van der Waals surface area contributed by atoms with Gasteiger partial charge < -0.3 is 18.8 Å². The molecule has 2 saturated heterocycles. The molecule has 3 aliphatic heterocycles. The SMILES string of the molecule is CCCOC(=O)[C@@H]1[C@@H]2C=C[C@]3(CN(Cc4ccco4)C(=O)[C@H]13)O2. The number of hydrogen-bond acceptors (Lipinski definition) is 5. The number of amides is 1. The number of fused-ring (bicyclic) bond motifs is 1. The lowest BCUT2D eigenvalue weighted by atomic mass is 9.77. The third kappa shape index (κ3) is 2.12. The summed E-state index contributed by atoms with van der Waals surface area (Å²) in [6.45, 7) is 3.15. The average Bonchev–Trinajstić information content (AvgIpc) is 3.28. The number of ether oxygens (including phenoxy) is 2. The van der Waals surface area contributed by atoms with Gasteiger partial charge in [0, 0.05) is 0 Å². The molecule has 6 heteroatoms. The van der Waals surface area contributed by atoms with Crippen molar-refractivity contribution in [2.45, 2.75) is 31.6 Å². The number of nitrogens with zero attached hydrogens (tertiary/aromatic N) is 1. The van der Waals surface area contributed by atoms with Gasteiger partial charge in [0.15, 0.2) is 0 Å². The lowest BCUT2D eigenvalue weighted by Crippen LogP contribution is -2.40. The van der Waals surface area contributed by atoms with Crippen molar-refractivity contribution >= 4 is 11.9 Å². The van der Waals surface area contributed by atoms with Crippen LogP contribution in [0.15, 0.2) is 35.0 Å². The lowest BCUT2D eigenvalue weighted by molar-refractivity contribution is -0.153. The van der Waals surface area contributed by atoms with Gasteiger partial charge in [0.1, 0.15) is 17.3 Å². The Morgan fingerprint density at radius 1 is 1.52 bits per heavy atom. The van der Waals surface area contributed by atoms with Crippen molar-refractivity contribution in [2.75, 3.05) is 13.2 Å². The monoisotopic (exact) mass is 317 g/mol. The van der Waals surface area contributed by atoms with Gasteiger partial charge in [0.05, 0.1) is 38.0 Å². The van der Waals surface area contributed by atoms with Gasteiger partial charge in [-0.15, -0.1) is 0 Å². The first kappa shape index (κ1) is 14.5. The minimum atomic E-state index is -0.690. The smallest absolute Gasteiger partial charge is 0.312 e. The first-order valence-electron chi connectivity index (χ1n) is 7.99. The van der Waals surface area contributed by atoms with Crippen LogP contribution >= 0.6 is 0 Å². The van der Waals surface area contributed by atoms with E-state index in [1.807, 2.05) is 25.1 Å². The van der Waals surface area contributed by atoms with Gasteiger partial charge in [-0.1, -0.05) is 19.1 Å². The molecule has 23 heavy (non-hydrogen) atoms. The molecule has 0 unspecified atom stereocenters. The Balaban J connectivity index is 1.57. The van der Waals surface area contributed by atoms with Gasteiger partial charge in [-0.2, -0.15) is 0 Å². The summed E-state index contributed by atoms with van der Waals surface area (Å²) in [4.78, 5) is 26.9. The van der Waals surface area contributed by atoms with E-state index < -0.39 is 17.4 Å². The van der Waals surface area contributed by atoms with E-state index in [0.717, 1.165) is 12.2 Å². The van der Waals surface area contributed by atoms with Gasteiger partial charge >= 0.3 is 5.97 Å². The van der Waals surface area contributed by atoms with E-state index in [2.05, 4.69) is 0 Å². The zero-order chi connectivity index (χ0) is 16.0. The Hall–Kier alpha value is -2.08. The average molecular weight is 317 g/mol. The standard InChI is InChI=1S/C17H19NO5/c1-2-7-22-16(20)13-12-5-6-17(23-12)10-18(15(19)14(13)17)9-11-4-3-8-21-11/h3-6,8,12-14H,2,7,9-10H2,1H3/t12-,13+,14-,17+/m0/s1. The molecule has 0 aromatic carbocycles. The molecule has 0 saturated carbocycles. The van der Waals surface area contributed by atoms with Crippen molar-refractivity contribution in [2.24, 2.45) is 11.8 Å². The first-order valence-corrected chi connectivity index (χ1v) is 7.99. The van der Waals surface area contributed by atoms with Crippen molar-refractivity contribution in [3.63, 3.8) is 0 Å². The van der Waals surface area contributed by atoms with Crippen molar-refractivity contribution in [3.8, 4) is 0 Å². The normalized spacial score (nSPS) is 34.2. The van der Waals surface area contributed by atoms with Gasteiger partial charge in [-0.25, -0.2) is 0 Å². The molecule has 3 aliphatic rings. The molecule has 1 aromatic rings. The highest BCUT2D eigenvalue weighted by atomic mass is 16.6. The minimum Gasteiger partial charge on any atom is -0.467 e. The maximum atomic E-state index is 12.8. The van der Waals surface area contributed by atoms with E-state index in [1.165, 1.54) is 0 Å². The molecule has 1 aromatic heterocycles. The molecule has 0 radical (unpaired) electrons.